The van der Waals surface area contributed by atoms with Crippen molar-refractivity contribution < 1.29 is 13.2 Å². The average Bonchev–Trinajstić information content (AvgIpc) is 2.76. The van der Waals surface area contributed by atoms with Gasteiger partial charge in [0.05, 0.1) is 12.4 Å². The predicted octanol–water partition coefficient (Wildman–Crippen LogP) is 4.75. The number of rotatable bonds is 10. The first kappa shape index (κ1) is 23.6. The van der Waals surface area contributed by atoms with Crippen molar-refractivity contribution in [2.24, 2.45) is 0 Å². The van der Waals surface area contributed by atoms with Gasteiger partial charge < -0.3 is 10.1 Å². The summed E-state index contributed by atoms with van der Waals surface area (Å²) in [6.45, 7) is 3.78. The topological polar surface area (TPSA) is 67.4 Å². The van der Waals surface area contributed by atoms with Crippen molar-refractivity contribution in [2.45, 2.75) is 56.9 Å². The van der Waals surface area contributed by atoms with Crippen molar-refractivity contribution in [1.82, 2.24) is 10.0 Å². The van der Waals surface area contributed by atoms with Crippen LogP contribution in [0.1, 0.15) is 61.8 Å². The maximum atomic E-state index is 12.0. The molecule has 32 heavy (non-hydrogen) atoms. The maximum Gasteiger partial charge on any atom is 0.211 e. The Bertz CT molecular complexity index is 1020. The lowest BCUT2D eigenvalue weighted by Crippen LogP contribution is -2.49. The van der Waals surface area contributed by atoms with E-state index in [4.69, 9.17) is 16.3 Å². The van der Waals surface area contributed by atoms with Gasteiger partial charge in [-0.15, -0.1) is 0 Å². The Morgan fingerprint density at radius 3 is 2.66 bits per heavy atom. The number of nitrogens with one attached hydrogen (secondary N) is 2. The van der Waals surface area contributed by atoms with Gasteiger partial charge in [0.25, 0.3) is 0 Å². The molecule has 5 nitrogen and oxygen atoms in total. The molecule has 1 aliphatic carbocycles. The van der Waals surface area contributed by atoms with E-state index in [9.17, 15) is 8.42 Å². The lowest BCUT2D eigenvalue weighted by Gasteiger charge is -2.50. The summed E-state index contributed by atoms with van der Waals surface area (Å²) >= 11 is 6.15. The fourth-order valence-corrected chi connectivity index (χ4v) is 6.25. The van der Waals surface area contributed by atoms with Crippen LogP contribution in [0.15, 0.2) is 42.5 Å². The molecular weight excluding hydrogens is 444 g/mol. The van der Waals surface area contributed by atoms with Crippen LogP contribution in [0.4, 0.5) is 0 Å². The van der Waals surface area contributed by atoms with E-state index in [2.05, 4.69) is 34.3 Å². The number of hydrogen-bond acceptors (Lipinski definition) is 4. The zero-order chi connectivity index (χ0) is 22.6. The molecule has 2 N–H and O–H groups in total. The first-order chi connectivity index (χ1) is 15.4. The summed E-state index contributed by atoms with van der Waals surface area (Å²) in [5.41, 5.74) is 4.10. The molecule has 2 aromatic carbocycles. The van der Waals surface area contributed by atoms with Crippen LogP contribution >= 0.6 is 11.6 Å². The SMILES string of the molecule is CCCNS(=O)(=O)CCCOc1ccc2c(c1)C(C1(c3ccc(Cl)cc3)CCC1)NCC2. The van der Waals surface area contributed by atoms with E-state index >= 15 is 0 Å². The molecule has 7 heteroatoms. The second-order valence-electron chi connectivity index (χ2n) is 8.93. The number of halogens is 1. The summed E-state index contributed by atoms with van der Waals surface area (Å²) in [6, 6.07) is 14.9. The first-order valence-corrected chi connectivity index (χ1v) is 13.7. The molecule has 1 heterocycles. The highest BCUT2D eigenvalue weighted by molar-refractivity contribution is 7.89. The minimum Gasteiger partial charge on any atom is -0.494 e. The van der Waals surface area contributed by atoms with Gasteiger partial charge in [-0.25, -0.2) is 13.1 Å². The van der Waals surface area contributed by atoms with Gasteiger partial charge in [-0.05, 0) is 79.6 Å². The van der Waals surface area contributed by atoms with Crippen LogP contribution < -0.4 is 14.8 Å². The van der Waals surface area contributed by atoms with Gasteiger partial charge >= 0.3 is 0 Å². The molecule has 0 saturated heterocycles. The Kier molecular flexibility index (Phi) is 7.45. The van der Waals surface area contributed by atoms with Crippen molar-refractivity contribution in [3.63, 3.8) is 0 Å². The Morgan fingerprint density at radius 1 is 1.19 bits per heavy atom. The highest BCUT2D eigenvalue weighted by Crippen LogP contribution is 2.53. The molecule has 0 radical (unpaired) electrons. The maximum absolute atomic E-state index is 12.0. The molecule has 0 bridgehead atoms. The first-order valence-electron chi connectivity index (χ1n) is 11.7. The third-order valence-electron chi connectivity index (χ3n) is 6.79. The molecule has 0 amide bonds. The lowest BCUT2D eigenvalue weighted by molar-refractivity contribution is 0.164. The molecule has 2 aliphatic rings. The number of ether oxygens (including phenoxy) is 1. The van der Waals surface area contributed by atoms with Gasteiger partial charge in [0.15, 0.2) is 0 Å². The molecule has 1 aliphatic heterocycles. The molecule has 2 aromatic rings. The van der Waals surface area contributed by atoms with E-state index in [0.717, 1.165) is 43.0 Å². The van der Waals surface area contributed by atoms with Crippen LogP contribution in [0.25, 0.3) is 0 Å². The highest BCUT2D eigenvalue weighted by Gasteiger charge is 2.47. The largest absolute Gasteiger partial charge is 0.494 e. The van der Waals surface area contributed by atoms with E-state index < -0.39 is 10.0 Å². The van der Waals surface area contributed by atoms with E-state index in [1.165, 1.54) is 23.1 Å². The van der Waals surface area contributed by atoms with Gasteiger partial charge in [0, 0.05) is 23.0 Å². The summed E-state index contributed by atoms with van der Waals surface area (Å²) in [7, 11) is -3.22. The van der Waals surface area contributed by atoms with E-state index in [-0.39, 0.29) is 17.2 Å². The summed E-state index contributed by atoms with van der Waals surface area (Å²) in [6.07, 6.45) is 5.79. The van der Waals surface area contributed by atoms with Crippen LogP contribution in [0.2, 0.25) is 5.02 Å². The Morgan fingerprint density at radius 2 is 1.97 bits per heavy atom. The van der Waals surface area contributed by atoms with Crippen LogP contribution in [-0.2, 0) is 21.9 Å². The van der Waals surface area contributed by atoms with Crippen LogP contribution in [0.5, 0.6) is 5.75 Å². The van der Waals surface area contributed by atoms with E-state index in [1.54, 1.807) is 0 Å². The van der Waals surface area contributed by atoms with Gasteiger partial charge in [0.2, 0.25) is 10.0 Å². The monoisotopic (exact) mass is 476 g/mol. The molecule has 1 saturated carbocycles. The fraction of sp³-hybridized carbons (Fsp3) is 0.520. The van der Waals surface area contributed by atoms with Gasteiger partial charge in [-0.1, -0.05) is 43.1 Å². The molecule has 4 rings (SSSR count). The van der Waals surface area contributed by atoms with Gasteiger partial charge in [-0.2, -0.15) is 0 Å². The molecule has 0 spiro atoms. The van der Waals surface area contributed by atoms with Crippen molar-refractivity contribution >= 4 is 21.6 Å². The van der Waals surface area contributed by atoms with Crippen molar-refractivity contribution in [2.75, 3.05) is 25.4 Å². The molecule has 174 valence electrons. The number of fused-ring (bicyclic) bond motifs is 1. The standard InChI is InChI=1S/C25H33ClN2O3S/c1-2-14-28-32(29,30)17-4-16-31-22-10-5-19-11-15-27-24(23(19)18-22)25(12-3-13-25)20-6-8-21(26)9-7-20/h5-10,18,24,27-28H,2-4,11-17H2,1H3. The molecular formula is C25H33ClN2O3S. The van der Waals surface area contributed by atoms with Crippen LogP contribution in [-0.4, -0.2) is 33.9 Å². The van der Waals surface area contributed by atoms with Crippen molar-refractivity contribution in [1.29, 1.82) is 0 Å². The van der Waals surface area contributed by atoms with E-state index in [0.29, 0.717) is 19.6 Å². The number of benzene rings is 2. The summed E-state index contributed by atoms with van der Waals surface area (Å²) in [5.74, 6) is 0.892. The van der Waals surface area contributed by atoms with E-state index in [1.807, 2.05) is 25.1 Å². The zero-order valence-electron chi connectivity index (χ0n) is 18.7. The van der Waals surface area contributed by atoms with Crippen molar-refractivity contribution in [3.8, 4) is 5.75 Å². The second-order valence-corrected chi connectivity index (χ2v) is 11.3. The average molecular weight is 477 g/mol. The molecule has 1 unspecified atom stereocenters. The minimum atomic E-state index is -3.22. The summed E-state index contributed by atoms with van der Waals surface area (Å²) in [4.78, 5) is 0. The summed E-state index contributed by atoms with van der Waals surface area (Å²) < 4.78 is 32.5. The predicted molar refractivity (Wildman–Crippen MR) is 130 cm³/mol. The Labute approximate surface area is 196 Å². The molecule has 1 atom stereocenters. The number of sulfonamides is 1. The van der Waals surface area contributed by atoms with Gasteiger partial charge in [0.1, 0.15) is 5.75 Å². The van der Waals surface area contributed by atoms with Crippen molar-refractivity contribution in [3.05, 3.63) is 64.2 Å². The molecule has 0 aromatic heterocycles. The smallest absolute Gasteiger partial charge is 0.211 e. The lowest BCUT2D eigenvalue weighted by atomic mass is 9.58. The Balaban J connectivity index is 1.47. The second kappa shape index (κ2) is 10.1. The Hall–Kier alpha value is -1.60. The molecule has 1 fully saturated rings. The van der Waals surface area contributed by atoms with Crippen LogP contribution in [0.3, 0.4) is 0 Å². The third kappa shape index (κ3) is 5.14. The quantitative estimate of drug-likeness (QED) is 0.486. The van der Waals surface area contributed by atoms with Crippen LogP contribution in [0, 0.1) is 0 Å². The summed E-state index contributed by atoms with van der Waals surface area (Å²) in [5, 5.41) is 4.56. The van der Waals surface area contributed by atoms with Gasteiger partial charge in [-0.3, -0.25) is 0 Å². The fourth-order valence-electron chi connectivity index (χ4n) is 4.97. The number of hydrogen-bond donors (Lipinski definition) is 2. The minimum absolute atomic E-state index is 0.0808. The third-order valence-corrected chi connectivity index (χ3v) is 8.51. The normalized spacial score (nSPS) is 19.8. The highest BCUT2D eigenvalue weighted by atomic mass is 35.5. The zero-order valence-corrected chi connectivity index (χ0v) is 20.3.